The first-order valence-electron chi connectivity index (χ1n) is 6.94. The lowest BCUT2D eigenvalue weighted by molar-refractivity contribution is -0.141. The lowest BCUT2D eigenvalue weighted by Gasteiger charge is -2.35. The van der Waals surface area contributed by atoms with Crippen molar-refractivity contribution in [3.63, 3.8) is 0 Å². The Morgan fingerprint density at radius 3 is 2.59 bits per heavy atom. The largest absolute Gasteiger partial charge is 0.395 e. The van der Waals surface area contributed by atoms with Crippen LogP contribution < -0.4 is 0 Å². The molecule has 1 aliphatic heterocycles. The Hall–Kier alpha value is -1.19. The standard InChI is InChI=1S/C13H18F3N3O2S/c1-9(20)12(21)19-4-2-18(3-5-19)8-10-7-17-11(22-10)6-13(14,15)16/h7,9,20H,2-6,8H2,1H3. The highest BCUT2D eigenvalue weighted by molar-refractivity contribution is 7.11. The van der Waals surface area contributed by atoms with E-state index in [9.17, 15) is 23.1 Å². The number of rotatable bonds is 4. The SMILES string of the molecule is CC(O)C(=O)N1CCN(Cc2cnc(CC(F)(F)F)s2)CC1. The fourth-order valence-electron chi connectivity index (χ4n) is 2.29. The maximum absolute atomic E-state index is 12.3. The minimum Gasteiger partial charge on any atom is -0.384 e. The van der Waals surface area contributed by atoms with Gasteiger partial charge in [-0.25, -0.2) is 4.98 Å². The van der Waals surface area contributed by atoms with Crippen molar-refractivity contribution in [1.29, 1.82) is 0 Å². The van der Waals surface area contributed by atoms with E-state index in [4.69, 9.17) is 0 Å². The third-order valence-electron chi connectivity index (χ3n) is 3.37. The molecule has 1 N–H and O–H groups in total. The molecule has 1 aliphatic rings. The smallest absolute Gasteiger partial charge is 0.384 e. The van der Waals surface area contributed by atoms with Crippen molar-refractivity contribution in [1.82, 2.24) is 14.8 Å². The summed E-state index contributed by atoms with van der Waals surface area (Å²) in [4.78, 5) is 19.9. The summed E-state index contributed by atoms with van der Waals surface area (Å²) in [6, 6.07) is 0. The van der Waals surface area contributed by atoms with Crippen LogP contribution in [0.1, 0.15) is 16.8 Å². The van der Waals surface area contributed by atoms with Crippen molar-refractivity contribution in [2.45, 2.75) is 32.2 Å². The van der Waals surface area contributed by atoms with Crippen molar-refractivity contribution < 1.29 is 23.1 Å². The number of alkyl halides is 3. The van der Waals surface area contributed by atoms with Gasteiger partial charge in [-0.2, -0.15) is 13.2 Å². The fourth-order valence-corrected chi connectivity index (χ4v) is 3.28. The lowest BCUT2D eigenvalue weighted by Crippen LogP contribution is -2.50. The first-order valence-corrected chi connectivity index (χ1v) is 7.76. The number of carbonyl (C=O) groups excluding carboxylic acids is 1. The van der Waals surface area contributed by atoms with E-state index < -0.39 is 18.7 Å². The molecule has 1 amide bonds. The van der Waals surface area contributed by atoms with Crippen LogP contribution >= 0.6 is 11.3 Å². The van der Waals surface area contributed by atoms with E-state index in [1.165, 1.54) is 13.1 Å². The Morgan fingerprint density at radius 2 is 2.05 bits per heavy atom. The van der Waals surface area contributed by atoms with Gasteiger partial charge in [0.15, 0.2) is 0 Å². The second-order valence-electron chi connectivity index (χ2n) is 5.29. The molecule has 5 nitrogen and oxygen atoms in total. The number of thiazole rings is 1. The zero-order valence-electron chi connectivity index (χ0n) is 12.1. The van der Waals surface area contributed by atoms with E-state index in [1.54, 1.807) is 4.90 Å². The summed E-state index contributed by atoms with van der Waals surface area (Å²) in [7, 11) is 0. The number of aliphatic hydroxyl groups is 1. The average Bonchev–Trinajstić information content (AvgIpc) is 2.83. The van der Waals surface area contributed by atoms with Crippen LogP contribution in [0, 0.1) is 0 Å². The lowest BCUT2D eigenvalue weighted by atomic mass is 10.2. The Labute approximate surface area is 130 Å². The van der Waals surface area contributed by atoms with Crippen molar-refractivity contribution in [2.24, 2.45) is 0 Å². The molecule has 22 heavy (non-hydrogen) atoms. The number of hydrogen-bond donors (Lipinski definition) is 1. The number of aliphatic hydroxyl groups excluding tert-OH is 1. The van der Waals surface area contributed by atoms with E-state index in [0.717, 1.165) is 16.2 Å². The second-order valence-corrected chi connectivity index (χ2v) is 6.49. The molecule has 1 fully saturated rings. The summed E-state index contributed by atoms with van der Waals surface area (Å²) in [6.07, 6.45) is -4.74. The molecule has 2 rings (SSSR count). The molecule has 0 aliphatic carbocycles. The van der Waals surface area contributed by atoms with Crippen molar-refractivity contribution in [2.75, 3.05) is 26.2 Å². The molecule has 9 heteroatoms. The molecule has 0 bridgehead atoms. The molecular formula is C13H18F3N3O2S. The van der Waals surface area contributed by atoms with Crippen LogP contribution in [-0.4, -0.2) is 64.3 Å². The molecule has 0 radical (unpaired) electrons. The number of nitrogens with zero attached hydrogens (tertiary/aromatic N) is 3. The molecule has 124 valence electrons. The van der Waals surface area contributed by atoms with Gasteiger partial charge in [-0.05, 0) is 6.92 Å². The van der Waals surface area contributed by atoms with E-state index in [1.807, 2.05) is 0 Å². The summed E-state index contributed by atoms with van der Waals surface area (Å²) in [5.74, 6) is -0.287. The zero-order chi connectivity index (χ0) is 16.3. The minimum atomic E-state index is -4.23. The Morgan fingerprint density at radius 1 is 1.41 bits per heavy atom. The van der Waals surface area contributed by atoms with Crippen LogP contribution in [0.3, 0.4) is 0 Å². The quantitative estimate of drug-likeness (QED) is 0.899. The summed E-state index contributed by atoms with van der Waals surface area (Å²) in [5, 5.41) is 9.34. The number of amides is 1. The number of aromatic nitrogens is 1. The van der Waals surface area contributed by atoms with Gasteiger partial charge >= 0.3 is 6.18 Å². The molecule has 0 spiro atoms. The average molecular weight is 337 g/mol. The summed E-state index contributed by atoms with van der Waals surface area (Å²) in [6.45, 7) is 4.26. The topological polar surface area (TPSA) is 56.7 Å². The first kappa shape index (κ1) is 17.2. The van der Waals surface area contributed by atoms with Gasteiger partial charge in [0.05, 0.1) is 6.42 Å². The highest BCUT2D eigenvalue weighted by Gasteiger charge is 2.29. The number of hydrogen-bond acceptors (Lipinski definition) is 5. The summed E-state index contributed by atoms with van der Waals surface area (Å²) >= 11 is 1.07. The van der Waals surface area contributed by atoms with Crippen LogP contribution in [-0.2, 0) is 17.8 Å². The monoisotopic (exact) mass is 337 g/mol. The van der Waals surface area contributed by atoms with Crippen LogP contribution in [0.15, 0.2) is 6.20 Å². The van der Waals surface area contributed by atoms with Crippen LogP contribution in [0.2, 0.25) is 0 Å². The van der Waals surface area contributed by atoms with Gasteiger partial charge in [-0.3, -0.25) is 9.69 Å². The second kappa shape index (κ2) is 6.93. The molecule has 1 aromatic heterocycles. The van der Waals surface area contributed by atoms with Gasteiger partial charge in [-0.15, -0.1) is 11.3 Å². The highest BCUT2D eigenvalue weighted by Crippen LogP contribution is 2.25. The predicted molar refractivity (Wildman–Crippen MR) is 75.4 cm³/mol. The Kier molecular flexibility index (Phi) is 5.41. The maximum Gasteiger partial charge on any atom is 0.395 e. The predicted octanol–water partition coefficient (Wildman–Crippen LogP) is 1.27. The number of halogens is 3. The van der Waals surface area contributed by atoms with Crippen molar-refractivity contribution in [3.05, 3.63) is 16.1 Å². The molecular weight excluding hydrogens is 319 g/mol. The molecule has 1 saturated heterocycles. The van der Waals surface area contributed by atoms with Crippen LogP contribution in [0.5, 0.6) is 0 Å². The third-order valence-corrected chi connectivity index (χ3v) is 4.36. The van der Waals surface area contributed by atoms with Gasteiger partial charge in [0, 0.05) is 43.8 Å². The molecule has 1 aromatic rings. The Bertz CT molecular complexity index is 511. The van der Waals surface area contributed by atoms with Crippen molar-refractivity contribution >= 4 is 17.2 Å². The minimum absolute atomic E-state index is 0.0745. The molecule has 0 aromatic carbocycles. The number of carbonyl (C=O) groups is 1. The van der Waals surface area contributed by atoms with Gasteiger partial charge < -0.3 is 10.0 Å². The van der Waals surface area contributed by atoms with E-state index in [2.05, 4.69) is 9.88 Å². The van der Waals surface area contributed by atoms with Gasteiger partial charge in [0.25, 0.3) is 5.91 Å². The van der Waals surface area contributed by atoms with Crippen LogP contribution in [0.4, 0.5) is 13.2 Å². The summed E-state index contributed by atoms with van der Waals surface area (Å²) < 4.78 is 36.9. The van der Waals surface area contributed by atoms with Gasteiger partial charge in [0.1, 0.15) is 11.1 Å². The highest BCUT2D eigenvalue weighted by atomic mass is 32.1. The normalized spacial score (nSPS) is 18.5. The van der Waals surface area contributed by atoms with Crippen LogP contribution in [0.25, 0.3) is 0 Å². The third kappa shape index (κ3) is 4.92. The fraction of sp³-hybridized carbons (Fsp3) is 0.692. The first-order chi connectivity index (χ1) is 10.2. The van der Waals surface area contributed by atoms with E-state index in [-0.39, 0.29) is 10.9 Å². The van der Waals surface area contributed by atoms with Gasteiger partial charge in [0.2, 0.25) is 0 Å². The zero-order valence-corrected chi connectivity index (χ0v) is 13.0. The van der Waals surface area contributed by atoms with Gasteiger partial charge in [-0.1, -0.05) is 0 Å². The molecule has 2 heterocycles. The van der Waals surface area contributed by atoms with Crippen molar-refractivity contribution in [3.8, 4) is 0 Å². The number of piperazine rings is 1. The maximum atomic E-state index is 12.3. The van der Waals surface area contributed by atoms with E-state index in [0.29, 0.717) is 32.7 Å². The van der Waals surface area contributed by atoms with E-state index >= 15 is 0 Å². The molecule has 1 unspecified atom stereocenters. The summed E-state index contributed by atoms with van der Waals surface area (Å²) in [5.41, 5.74) is 0. The Balaban J connectivity index is 1.82. The molecule has 0 saturated carbocycles. The molecule has 1 atom stereocenters.